The van der Waals surface area contributed by atoms with Crippen LogP contribution in [-0.4, -0.2) is 35.2 Å². The topological polar surface area (TPSA) is 126 Å². The third kappa shape index (κ3) is 7.31. The Morgan fingerprint density at radius 2 is 1.69 bits per heavy atom. The summed E-state index contributed by atoms with van der Waals surface area (Å²) in [5, 5.41) is 7.57. The van der Waals surface area contributed by atoms with Crippen LogP contribution in [0.3, 0.4) is 0 Å². The van der Waals surface area contributed by atoms with Gasteiger partial charge in [-0.3, -0.25) is 20.2 Å². The molecule has 0 aromatic heterocycles. The van der Waals surface area contributed by atoms with Crippen LogP contribution in [0, 0.1) is 0 Å². The van der Waals surface area contributed by atoms with E-state index in [-0.39, 0.29) is 29.9 Å². The summed E-state index contributed by atoms with van der Waals surface area (Å²) in [6.45, 7) is 3.52. The summed E-state index contributed by atoms with van der Waals surface area (Å²) >= 11 is 0. The first kappa shape index (κ1) is 24.7. The number of amides is 3. The molecular weight excluding hydrogens is 432 g/mol. The van der Waals surface area contributed by atoms with E-state index in [1.807, 2.05) is 13.0 Å². The van der Waals surface area contributed by atoms with Crippen LogP contribution in [-0.2, 0) is 25.1 Å². The van der Waals surface area contributed by atoms with E-state index in [0.29, 0.717) is 28.3 Å². The minimum Gasteiger partial charge on any atom is -0.453 e. The third-order valence-corrected chi connectivity index (χ3v) is 5.49. The smallest absolute Gasteiger partial charge is 0.413 e. The number of nitrogens with zero attached hydrogens (tertiary/aromatic N) is 1. The molecule has 2 aromatic carbocycles. The number of alkyl carbamates (subject to hydrolysis) is 1. The van der Waals surface area contributed by atoms with Gasteiger partial charge < -0.3 is 10.1 Å². The third-order valence-electron chi connectivity index (χ3n) is 4.11. The lowest BCUT2D eigenvalue weighted by Gasteiger charge is -2.13. The van der Waals surface area contributed by atoms with Crippen molar-refractivity contribution in [2.75, 3.05) is 12.4 Å². The van der Waals surface area contributed by atoms with Gasteiger partial charge in [0.25, 0.3) is 0 Å². The molecule has 0 aliphatic carbocycles. The quantitative estimate of drug-likeness (QED) is 0.433. The van der Waals surface area contributed by atoms with Gasteiger partial charge in [-0.1, -0.05) is 32.0 Å². The fourth-order valence-electron chi connectivity index (χ4n) is 2.52. The number of benzene rings is 2. The van der Waals surface area contributed by atoms with Crippen molar-refractivity contribution in [3.63, 3.8) is 0 Å². The van der Waals surface area contributed by atoms with Crippen LogP contribution in [0.1, 0.15) is 33.1 Å². The van der Waals surface area contributed by atoms with Gasteiger partial charge in [0.05, 0.1) is 29.3 Å². The maximum Gasteiger partial charge on any atom is 0.413 e. The lowest BCUT2D eigenvalue weighted by atomic mass is 10.2. The Bertz CT molecular complexity index is 1000. The molecule has 0 saturated carbocycles. The number of aliphatic imine (C=N–C) groups is 1. The zero-order valence-electron chi connectivity index (χ0n) is 18.1. The lowest BCUT2D eigenvalue weighted by molar-refractivity contribution is -0.119. The molecule has 3 amide bonds. The molecule has 1 atom stereocenters. The molecule has 0 aliphatic rings. The van der Waals surface area contributed by atoms with E-state index in [0.717, 1.165) is 0 Å². The fraction of sp³-hybridized carbons (Fsp3) is 0.273. The van der Waals surface area contributed by atoms with Crippen molar-refractivity contribution in [1.29, 1.82) is 0 Å². The van der Waals surface area contributed by atoms with Gasteiger partial charge >= 0.3 is 6.09 Å². The lowest BCUT2D eigenvalue weighted by Crippen LogP contribution is -2.43. The van der Waals surface area contributed by atoms with Crippen LogP contribution < -0.4 is 16.0 Å². The normalized spacial score (nSPS) is 11.9. The molecule has 32 heavy (non-hydrogen) atoms. The maximum absolute atomic E-state index is 13.0. The molecule has 9 nitrogen and oxygen atoms in total. The number of carbonyl (C=O) groups is 3. The highest BCUT2D eigenvalue weighted by Gasteiger charge is 2.15. The van der Waals surface area contributed by atoms with Crippen molar-refractivity contribution in [1.82, 2.24) is 10.6 Å². The van der Waals surface area contributed by atoms with Crippen molar-refractivity contribution in [3.05, 3.63) is 48.5 Å². The van der Waals surface area contributed by atoms with E-state index in [2.05, 4.69) is 25.7 Å². The fourth-order valence-corrected chi connectivity index (χ4v) is 3.61. The van der Waals surface area contributed by atoms with Crippen LogP contribution in [0.25, 0.3) is 0 Å². The molecule has 0 aliphatic heterocycles. The van der Waals surface area contributed by atoms with Crippen LogP contribution in [0.2, 0.25) is 0 Å². The van der Waals surface area contributed by atoms with Crippen molar-refractivity contribution in [2.24, 2.45) is 4.99 Å². The first-order valence-corrected chi connectivity index (χ1v) is 11.2. The molecule has 2 rings (SSSR count). The molecule has 0 spiro atoms. The Kier molecular flexibility index (Phi) is 9.55. The predicted molar refractivity (Wildman–Crippen MR) is 122 cm³/mol. The number of ether oxygens (including phenoxy) is 1. The molecule has 2 aromatic rings. The number of hydrogen-bond donors (Lipinski definition) is 3. The van der Waals surface area contributed by atoms with Gasteiger partial charge in [0, 0.05) is 22.6 Å². The monoisotopic (exact) mass is 458 g/mol. The summed E-state index contributed by atoms with van der Waals surface area (Å²) in [7, 11) is -0.327. The number of methoxy groups -OCH3 is 1. The molecule has 0 radical (unpaired) electrons. The zero-order chi connectivity index (χ0) is 23.5. The molecule has 0 saturated heterocycles. The number of anilines is 1. The summed E-state index contributed by atoms with van der Waals surface area (Å²) in [5.41, 5.74) is 0.547. The highest BCUT2D eigenvalue weighted by Crippen LogP contribution is 2.29. The van der Waals surface area contributed by atoms with Crippen molar-refractivity contribution >= 4 is 46.0 Å². The number of guanidine groups is 1. The number of rotatable bonds is 7. The van der Waals surface area contributed by atoms with E-state index in [4.69, 9.17) is 0 Å². The molecule has 0 bridgehead atoms. The van der Waals surface area contributed by atoms with Crippen LogP contribution in [0.4, 0.5) is 16.2 Å². The minimum absolute atomic E-state index is 0.153. The van der Waals surface area contributed by atoms with Crippen LogP contribution in [0.5, 0.6) is 0 Å². The molecule has 170 valence electrons. The molecule has 0 heterocycles. The summed E-state index contributed by atoms with van der Waals surface area (Å²) in [5.74, 6) is -0.793. The van der Waals surface area contributed by atoms with Gasteiger partial charge in [0.2, 0.25) is 17.8 Å². The van der Waals surface area contributed by atoms with Gasteiger partial charge in [-0.05, 0) is 36.8 Å². The second-order valence-corrected chi connectivity index (χ2v) is 8.02. The maximum atomic E-state index is 13.0. The predicted octanol–water partition coefficient (Wildman–Crippen LogP) is 3.46. The SMILES string of the molecule is CCCC(=O)Nc1ccc(S(=O)c2ccccc2)cc1N=C(NC(=O)CC)NC(=O)OC. The first-order chi connectivity index (χ1) is 15.4. The van der Waals surface area contributed by atoms with Crippen LogP contribution >= 0.6 is 0 Å². The van der Waals surface area contributed by atoms with Crippen molar-refractivity contribution in [2.45, 2.75) is 42.9 Å². The summed E-state index contributed by atoms with van der Waals surface area (Å²) in [6.07, 6.45) is 0.281. The summed E-state index contributed by atoms with van der Waals surface area (Å²) in [4.78, 5) is 41.1. The number of hydrogen-bond acceptors (Lipinski definition) is 6. The van der Waals surface area contributed by atoms with E-state index in [1.165, 1.54) is 13.2 Å². The van der Waals surface area contributed by atoms with Crippen molar-refractivity contribution < 1.29 is 23.3 Å². The van der Waals surface area contributed by atoms with Crippen LogP contribution in [0.15, 0.2) is 63.3 Å². The molecular formula is C22H26N4O5S. The molecule has 3 N–H and O–H groups in total. The second kappa shape index (κ2) is 12.4. The summed E-state index contributed by atoms with van der Waals surface area (Å²) in [6, 6.07) is 13.6. The van der Waals surface area contributed by atoms with E-state index >= 15 is 0 Å². The second-order valence-electron chi connectivity index (χ2n) is 6.54. The van der Waals surface area contributed by atoms with E-state index in [9.17, 15) is 18.6 Å². The van der Waals surface area contributed by atoms with Crippen molar-refractivity contribution in [3.8, 4) is 0 Å². The van der Waals surface area contributed by atoms with Gasteiger partial charge in [-0.2, -0.15) is 0 Å². The highest BCUT2D eigenvalue weighted by atomic mass is 32.2. The zero-order valence-corrected chi connectivity index (χ0v) is 19.0. The van der Waals surface area contributed by atoms with E-state index in [1.54, 1.807) is 43.3 Å². The number of nitrogens with one attached hydrogen (secondary N) is 3. The highest BCUT2D eigenvalue weighted by molar-refractivity contribution is 7.85. The Morgan fingerprint density at radius 3 is 2.31 bits per heavy atom. The Labute approximate surface area is 189 Å². The Morgan fingerprint density at radius 1 is 0.969 bits per heavy atom. The molecule has 10 heteroatoms. The molecule has 0 fully saturated rings. The Hall–Kier alpha value is -3.53. The largest absolute Gasteiger partial charge is 0.453 e. The summed E-state index contributed by atoms with van der Waals surface area (Å²) < 4.78 is 17.6. The van der Waals surface area contributed by atoms with Gasteiger partial charge in [0.15, 0.2) is 0 Å². The van der Waals surface area contributed by atoms with Gasteiger partial charge in [0.1, 0.15) is 0 Å². The number of carbonyl (C=O) groups excluding carboxylic acids is 3. The van der Waals surface area contributed by atoms with Gasteiger partial charge in [-0.15, -0.1) is 0 Å². The Balaban J connectivity index is 2.52. The standard InChI is InChI=1S/C22H26N4O5S/c1-4-9-20(28)23-17-13-12-16(32(30)15-10-7-6-8-11-15)14-18(17)24-21(25-19(27)5-2)26-22(29)31-3/h6-8,10-14H,4-5,9H2,1-3H3,(H,23,28)(H2,24,25,26,27,29). The average Bonchev–Trinajstić information content (AvgIpc) is 2.80. The average molecular weight is 459 g/mol. The molecule has 1 unspecified atom stereocenters. The van der Waals surface area contributed by atoms with Gasteiger partial charge in [-0.25, -0.2) is 14.0 Å². The minimum atomic E-state index is -1.50. The first-order valence-electron chi connectivity index (χ1n) is 10.0. The van der Waals surface area contributed by atoms with E-state index < -0.39 is 16.9 Å².